The van der Waals surface area contributed by atoms with Gasteiger partial charge in [0, 0.05) is 20.8 Å². The van der Waals surface area contributed by atoms with E-state index in [0.29, 0.717) is 19.4 Å². The Morgan fingerprint density at radius 3 is 2.41 bits per heavy atom. The lowest BCUT2D eigenvalue weighted by Gasteiger charge is -2.09. The molecule has 0 saturated carbocycles. The van der Waals surface area contributed by atoms with Crippen molar-refractivity contribution >= 4 is 9.53 Å². The summed E-state index contributed by atoms with van der Waals surface area (Å²) in [5.74, 6) is -1.64. The molecule has 0 bridgehead atoms. The van der Waals surface area contributed by atoms with Crippen molar-refractivity contribution in [3.63, 3.8) is 0 Å². The Hall–Kier alpha value is -0.823. The van der Waals surface area contributed by atoms with Crippen molar-refractivity contribution in [1.29, 1.82) is 0 Å². The minimum atomic E-state index is -1.63. The van der Waals surface area contributed by atoms with Crippen molar-refractivity contribution in [2.45, 2.75) is 12.8 Å². The van der Waals surface area contributed by atoms with Crippen LogP contribution in [0.5, 0.6) is 0 Å². The number of halogens is 2. The first-order valence-corrected chi connectivity index (χ1v) is 6.41. The van der Waals surface area contributed by atoms with Crippen LogP contribution in [0.2, 0.25) is 0 Å². The topological polar surface area (TPSA) is 27.7 Å². The predicted molar refractivity (Wildman–Crippen MR) is 60.4 cm³/mol. The second-order valence-electron chi connectivity index (χ2n) is 3.36. The van der Waals surface area contributed by atoms with Gasteiger partial charge >= 0.3 is 9.53 Å². The van der Waals surface area contributed by atoms with E-state index in [1.165, 1.54) is 20.3 Å². The number of hydrogen-bond acceptors (Lipinski definition) is 3. The van der Waals surface area contributed by atoms with Gasteiger partial charge in [-0.05, 0) is 30.5 Å². The van der Waals surface area contributed by atoms with E-state index in [2.05, 4.69) is 0 Å². The van der Waals surface area contributed by atoms with Crippen LogP contribution in [-0.2, 0) is 19.7 Å². The highest BCUT2D eigenvalue weighted by atomic mass is 28.3. The Bertz CT molecular complexity index is 345. The minimum absolute atomic E-state index is 0.467. The van der Waals surface area contributed by atoms with Gasteiger partial charge in [-0.2, -0.15) is 0 Å². The molecule has 0 aromatic heterocycles. The molecular formula is C11H15F2O3Si. The zero-order valence-electron chi connectivity index (χ0n) is 9.83. The molecule has 17 heavy (non-hydrogen) atoms. The maximum Gasteiger partial charge on any atom is 0.577 e. The summed E-state index contributed by atoms with van der Waals surface area (Å²) in [4.78, 5) is 0. The standard InChI is InChI=1S/C11H15F2O3Si/c1-14-17(15-2)16-7-3-4-9-5-6-10(12)11(13)8-9/h5-6,8H,3-4,7H2,1-2H3. The van der Waals surface area contributed by atoms with Crippen LogP contribution in [0.25, 0.3) is 0 Å². The molecule has 0 aliphatic carbocycles. The van der Waals surface area contributed by atoms with Gasteiger partial charge in [0.05, 0.1) is 0 Å². The number of benzene rings is 1. The van der Waals surface area contributed by atoms with E-state index in [1.807, 2.05) is 0 Å². The second kappa shape index (κ2) is 7.49. The van der Waals surface area contributed by atoms with Gasteiger partial charge in [-0.15, -0.1) is 0 Å². The fraction of sp³-hybridized carbons (Fsp3) is 0.455. The molecule has 0 amide bonds. The number of rotatable bonds is 7. The first kappa shape index (κ1) is 14.2. The molecule has 6 heteroatoms. The van der Waals surface area contributed by atoms with Crippen LogP contribution in [0.4, 0.5) is 8.78 Å². The molecule has 3 nitrogen and oxygen atoms in total. The van der Waals surface area contributed by atoms with Crippen molar-refractivity contribution < 1.29 is 22.1 Å². The summed E-state index contributed by atoms with van der Waals surface area (Å²) >= 11 is 0. The Labute approximate surface area is 101 Å². The third-order valence-electron chi connectivity index (χ3n) is 2.15. The van der Waals surface area contributed by atoms with Crippen LogP contribution in [0.3, 0.4) is 0 Å². The van der Waals surface area contributed by atoms with Crippen LogP contribution >= 0.6 is 0 Å². The highest BCUT2D eigenvalue weighted by molar-refractivity contribution is 6.36. The normalized spacial score (nSPS) is 11.1. The average Bonchev–Trinajstić information content (AvgIpc) is 2.34. The lowest BCUT2D eigenvalue weighted by atomic mass is 10.1. The van der Waals surface area contributed by atoms with E-state index in [1.54, 1.807) is 6.07 Å². The van der Waals surface area contributed by atoms with Crippen LogP contribution in [0, 0.1) is 11.6 Å². The molecule has 0 unspecified atom stereocenters. The van der Waals surface area contributed by atoms with Crippen LogP contribution in [0.1, 0.15) is 12.0 Å². The molecule has 0 heterocycles. The number of aryl methyl sites for hydroxylation is 1. The van der Waals surface area contributed by atoms with E-state index in [4.69, 9.17) is 13.3 Å². The highest BCUT2D eigenvalue weighted by Gasteiger charge is 2.13. The molecule has 0 N–H and O–H groups in total. The van der Waals surface area contributed by atoms with Gasteiger partial charge < -0.3 is 13.3 Å². The lowest BCUT2D eigenvalue weighted by molar-refractivity contribution is 0.134. The van der Waals surface area contributed by atoms with Crippen molar-refractivity contribution in [1.82, 2.24) is 0 Å². The Kier molecular flexibility index (Phi) is 6.28. The van der Waals surface area contributed by atoms with Crippen LogP contribution in [-0.4, -0.2) is 30.4 Å². The molecule has 0 aliphatic heterocycles. The van der Waals surface area contributed by atoms with Crippen molar-refractivity contribution in [3.05, 3.63) is 35.4 Å². The summed E-state index contributed by atoms with van der Waals surface area (Å²) < 4.78 is 40.7. The van der Waals surface area contributed by atoms with Crippen molar-refractivity contribution in [2.75, 3.05) is 20.8 Å². The van der Waals surface area contributed by atoms with Gasteiger partial charge in [0.25, 0.3) is 0 Å². The molecule has 0 spiro atoms. The predicted octanol–water partition coefficient (Wildman–Crippen LogP) is 2.19. The first-order chi connectivity index (χ1) is 8.17. The molecule has 1 aromatic rings. The van der Waals surface area contributed by atoms with Crippen molar-refractivity contribution in [2.24, 2.45) is 0 Å². The third-order valence-corrected chi connectivity index (χ3v) is 3.25. The highest BCUT2D eigenvalue weighted by Crippen LogP contribution is 2.10. The first-order valence-electron chi connectivity index (χ1n) is 5.19. The van der Waals surface area contributed by atoms with E-state index < -0.39 is 21.2 Å². The monoisotopic (exact) mass is 261 g/mol. The van der Waals surface area contributed by atoms with Gasteiger partial charge in [-0.25, -0.2) is 8.78 Å². The van der Waals surface area contributed by atoms with E-state index in [0.717, 1.165) is 11.6 Å². The molecule has 0 saturated heterocycles. The van der Waals surface area contributed by atoms with E-state index >= 15 is 0 Å². The fourth-order valence-electron chi connectivity index (χ4n) is 1.33. The Morgan fingerprint density at radius 1 is 1.12 bits per heavy atom. The molecule has 1 radical (unpaired) electrons. The van der Waals surface area contributed by atoms with E-state index in [-0.39, 0.29) is 0 Å². The quantitative estimate of drug-likeness (QED) is 0.556. The third kappa shape index (κ3) is 4.91. The summed E-state index contributed by atoms with van der Waals surface area (Å²) in [5.41, 5.74) is 0.746. The largest absolute Gasteiger partial charge is 0.577 e. The molecular weight excluding hydrogens is 246 g/mol. The van der Waals surface area contributed by atoms with Gasteiger partial charge in [-0.1, -0.05) is 6.07 Å². The molecule has 0 atom stereocenters. The molecule has 0 aliphatic rings. The van der Waals surface area contributed by atoms with Gasteiger partial charge in [0.2, 0.25) is 0 Å². The van der Waals surface area contributed by atoms with Crippen LogP contribution < -0.4 is 0 Å². The summed E-state index contributed by atoms with van der Waals surface area (Å²) in [6, 6.07) is 3.90. The van der Waals surface area contributed by atoms with Gasteiger partial charge in [0.1, 0.15) is 0 Å². The van der Waals surface area contributed by atoms with Gasteiger partial charge in [-0.3, -0.25) is 0 Å². The average molecular weight is 261 g/mol. The zero-order chi connectivity index (χ0) is 12.7. The van der Waals surface area contributed by atoms with Crippen molar-refractivity contribution in [3.8, 4) is 0 Å². The maximum atomic E-state index is 12.9. The number of hydrogen-bond donors (Lipinski definition) is 0. The van der Waals surface area contributed by atoms with Gasteiger partial charge in [0.15, 0.2) is 11.6 Å². The second-order valence-corrected chi connectivity index (χ2v) is 4.96. The minimum Gasteiger partial charge on any atom is -0.375 e. The smallest absolute Gasteiger partial charge is 0.375 e. The Morgan fingerprint density at radius 2 is 1.82 bits per heavy atom. The van der Waals surface area contributed by atoms with Crippen LogP contribution in [0.15, 0.2) is 18.2 Å². The summed E-state index contributed by atoms with van der Waals surface area (Å²) in [5, 5.41) is 0. The molecule has 1 rings (SSSR count). The molecule has 1 aromatic carbocycles. The Balaban J connectivity index is 2.28. The fourth-order valence-corrected chi connectivity index (χ4v) is 2.04. The SMILES string of the molecule is CO[Si](OC)OCCCc1ccc(F)c(F)c1. The van der Waals surface area contributed by atoms with E-state index in [9.17, 15) is 8.78 Å². The molecule has 0 fully saturated rings. The summed E-state index contributed by atoms with van der Waals surface area (Å²) in [6.07, 6.45) is 1.33. The zero-order valence-corrected chi connectivity index (χ0v) is 10.8. The molecule has 95 valence electrons. The summed E-state index contributed by atoms with van der Waals surface area (Å²) in [6.45, 7) is 0.467. The summed E-state index contributed by atoms with van der Waals surface area (Å²) in [7, 11) is 1.42. The lowest BCUT2D eigenvalue weighted by Crippen LogP contribution is -2.24. The maximum absolute atomic E-state index is 12.9.